The van der Waals surface area contributed by atoms with Crippen molar-refractivity contribution < 1.29 is 28.6 Å². The number of ether oxygens (including phenoxy) is 3. The third kappa shape index (κ3) is 6.00. The maximum absolute atomic E-state index is 13.3. The van der Waals surface area contributed by atoms with Crippen LogP contribution in [0.5, 0.6) is 11.5 Å². The summed E-state index contributed by atoms with van der Waals surface area (Å²) in [4.78, 5) is 44.6. The van der Waals surface area contributed by atoms with Crippen molar-refractivity contribution in [2.45, 2.75) is 44.4 Å². The first-order valence-electron chi connectivity index (χ1n) is 13.0. The molecule has 2 heterocycles. The van der Waals surface area contributed by atoms with Crippen LogP contribution in [-0.4, -0.2) is 97.4 Å². The monoisotopic (exact) mass is 531 g/mol. The Balaban J connectivity index is 1.38. The van der Waals surface area contributed by atoms with Gasteiger partial charge in [-0.15, -0.1) is 11.8 Å². The highest BCUT2D eigenvalue weighted by Gasteiger charge is 2.44. The van der Waals surface area contributed by atoms with Crippen molar-refractivity contribution in [2.24, 2.45) is 5.92 Å². The van der Waals surface area contributed by atoms with Gasteiger partial charge in [-0.25, -0.2) is 4.79 Å². The Hall–Kier alpha value is -2.88. The highest BCUT2D eigenvalue weighted by molar-refractivity contribution is 8.04. The summed E-state index contributed by atoms with van der Waals surface area (Å²) in [5, 5.41) is 0.253. The second-order valence-corrected chi connectivity index (χ2v) is 10.8. The van der Waals surface area contributed by atoms with Gasteiger partial charge in [0.25, 0.3) is 5.91 Å². The topological polar surface area (TPSA) is 88.6 Å². The minimum Gasteiger partial charge on any atom is -0.493 e. The third-order valence-corrected chi connectivity index (χ3v) is 8.71. The number of amides is 3. The van der Waals surface area contributed by atoms with Crippen LogP contribution in [0.1, 0.15) is 38.7 Å². The number of methoxy groups -OCH3 is 1. The molecule has 37 heavy (non-hydrogen) atoms. The van der Waals surface area contributed by atoms with Crippen molar-refractivity contribution in [1.29, 1.82) is 0 Å². The van der Waals surface area contributed by atoms with Crippen LogP contribution in [0.4, 0.5) is 4.79 Å². The molecule has 1 saturated carbocycles. The number of carbonyl (C=O) groups is 3. The molecule has 0 bridgehead atoms. The van der Waals surface area contributed by atoms with E-state index in [0.29, 0.717) is 62.2 Å². The van der Waals surface area contributed by atoms with E-state index in [-0.39, 0.29) is 35.1 Å². The molecule has 2 saturated heterocycles. The average molecular weight is 532 g/mol. The summed E-state index contributed by atoms with van der Waals surface area (Å²) in [7, 11) is 3.45. The predicted octanol–water partition coefficient (Wildman–Crippen LogP) is 3.48. The first kappa shape index (κ1) is 27.2. The zero-order valence-corrected chi connectivity index (χ0v) is 22.9. The molecule has 3 atom stereocenters. The first-order valence-corrected chi connectivity index (χ1v) is 13.9. The van der Waals surface area contributed by atoms with E-state index in [1.54, 1.807) is 30.7 Å². The first-order chi connectivity index (χ1) is 17.9. The zero-order chi connectivity index (χ0) is 26.5. The smallest absolute Gasteiger partial charge is 0.409 e. The molecule has 2 aliphatic heterocycles. The molecule has 9 nitrogen and oxygen atoms in total. The van der Waals surface area contributed by atoms with E-state index in [4.69, 9.17) is 14.2 Å². The fourth-order valence-electron chi connectivity index (χ4n) is 5.30. The van der Waals surface area contributed by atoms with Gasteiger partial charge in [-0.1, -0.05) is 6.07 Å². The van der Waals surface area contributed by atoms with E-state index in [2.05, 4.69) is 0 Å². The van der Waals surface area contributed by atoms with Crippen LogP contribution in [0.2, 0.25) is 0 Å². The van der Waals surface area contributed by atoms with Crippen molar-refractivity contribution in [3.8, 4) is 11.5 Å². The van der Waals surface area contributed by atoms with Crippen LogP contribution in [0.25, 0.3) is 6.08 Å². The Bertz CT molecular complexity index is 1040. The average Bonchev–Trinajstić information content (AvgIpc) is 2.92. The Labute approximate surface area is 223 Å². The zero-order valence-electron chi connectivity index (χ0n) is 22.1. The van der Waals surface area contributed by atoms with Gasteiger partial charge in [0.2, 0.25) is 5.91 Å². The molecular weight excluding hydrogens is 494 g/mol. The van der Waals surface area contributed by atoms with Crippen LogP contribution in [0.3, 0.4) is 0 Å². The quantitative estimate of drug-likeness (QED) is 0.520. The van der Waals surface area contributed by atoms with E-state index in [9.17, 15) is 14.4 Å². The van der Waals surface area contributed by atoms with Crippen LogP contribution in [0.15, 0.2) is 23.1 Å². The van der Waals surface area contributed by atoms with Gasteiger partial charge < -0.3 is 28.9 Å². The summed E-state index contributed by atoms with van der Waals surface area (Å²) in [6.45, 7) is 6.62. The molecule has 3 amide bonds. The minimum absolute atomic E-state index is 0.0183. The van der Waals surface area contributed by atoms with Crippen molar-refractivity contribution in [1.82, 2.24) is 14.7 Å². The van der Waals surface area contributed by atoms with E-state index in [1.807, 2.05) is 48.0 Å². The van der Waals surface area contributed by atoms with E-state index in [0.717, 1.165) is 18.4 Å². The molecule has 10 heteroatoms. The van der Waals surface area contributed by atoms with Crippen LogP contribution >= 0.6 is 11.8 Å². The van der Waals surface area contributed by atoms with Gasteiger partial charge in [-0.3, -0.25) is 9.59 Å². The van der Waals surface area contributed by atoms with Gasteiger partial charge in [0.1, 0.15) is 0 Å². The maximum atomic E-state index is 13.3. The molecule has 0 N–H and O–H groups in total. The number of hydrogen-bond donors (Lipinski definition) is 0. The number of nitrogens with zero attached hydrogens (tertiary/aromatic N) is 3. The molecule has 202 valence electrons. The number of carbonyl (C=O) groups excluding carboxylic acids is 3. The second-order valence-electron chi connectivity index (χ2n) is 9.51. The highest BCUT2D eigenvalue weighted by Crippen LogP contribution is 2.44. The number of hydrogen-bond acceptors (Lipinski definition) is 7. The molecule has 3 fully saturated rings. The van der Waals surface area contributed by atoms with Crippen LogP contribution in [-0.2, 0) is 14.3 Å². The summed E-state index contributed by atoms with van der Waals surface area (Å²) in [5.41, 5.74) is 0.883. The summed E-state index contributed by atoms with van der Waals surface area (Å²) in [6.07, 6.45) is 3.94. The summed E-state index contributed by atoms with van der Waals surface area (Å²) >= 11 is 1.62. The Morgan fingerprint density at radius 2 is 1.78 bits per heavy atom. The Morgan fingerprint density at radius 1 is 1.05 bits per heavy atom. The lowest BCUT2D eigenvalue weighted by Crippen LogP contribution is -2.55. The van der Waals surface area contributed by atoms with Crippen molar-refractivity contribution in [2.75, 3.05) is 53.6 Å². The molecule has 1 aromatic rings. The molecule has 0 aromatic heterocycles. The lowest BCUT2D eigenvalue weighted by Gasteiger charge is -2.45. The lowest BCUT2D eigenvalue weighted by atomic mass is 9.83. The molecule has 3 aliphatic rings. The number of fused-ring (bicyclic) bond motifs is 1. The summed E-state index contributed by atoms with van der Waals surface area (Å²) < 4.78 is 16.1. The molecule has 0 spiro atoms. The fourth-order valence-corrected chi connectivity index (χ4v) is 6.78. The molecule has 4 rings (SSSR count). The SMILES string of the molecule is CCOC(=O)N1CCN(C(=O)C2CCC3S/C(=C/c4ccc(OCC)c(OC)c4)C(=O)N(C)C3C2)CC1. The van der Waals surface area contributed by atoms with Crippen molar-refractivity contribution in [3.05, 3.63) is 28.7 Å². The minimum atomic E-state index is -0.318. The Kier molecular flexibility index (Phi) is 8.89. The standard InChI is InChI=1S/C27H37N3O6S/c1-5-35-21-9-7-18(15-22(21)34-4)16-24-26(32)28(3)20-17-19(8-10-23(20)37-24)25(31)29-11-13-30(14-12-29)27(33)36-6-2/h7,9,15-16,19-20,23H,5-6,8,10-14,17H2,1-4H3/b24-16+. The van der Waals surface area contributed by atoms with Gasteiger partial charge in [0, 0.05) is 50.4 Å². The third-order valence-electron chi connectivity index (χ3n) is 7.31. The summed E-state index contributed by atoms with van der Waals surface area (Å²) in [5.74, 6) is 1.33. The summed E-state index contributed by atoms with van der Waals surface area (Å²) in [6, 6.07) is 5.70. The van der Waals surface area contributed by atoms with Crippen LogP contribution < -0.4 is 9.47 Å². The van der Waals surface area contributed by atoms with Gasteiger partial charge in [0.15, 0.2) is 11.5 Å². The van der Waals surface area contributed by atoms with E-state index in [1.165, 1.54) is 0 Å². The fraction of sp³-hybridized carbons (Fsp3) is 0.593. The second kappa shape index (κ2) is 12.1. The predicted molar refractivity (Wildman–Crippen MR) is 143 cm³/mol. The molecular formula is C27H37N3O6S. The van der Waals surface area contributed by atoms with Gasteiger partial charge >= 0.3 is 6.09 Å². The molecule has 1 aromatic carbocycles. The van der Waals surface area contributed by atoms with Gasteiger partial charge in [-0.2, -0.15) is 0 Å². The van der Waals surface area contributed by atoms with Gasteiger partial charge in [0.05, 0.1) is 25.2 Å². The maximum Gasteiger partial charge on any atom is 0.409 e. The largest absolute Gasteiger partial charge is 0.493 e. The van der Waals surface area contributed by atoms with Gasteiger partial charge in [-0.05, 0) is 56.9 Å². The normalized spacial score (nSPS) is 25.1. The van der Waals surface area contributed by atoms with E-state index < -0.39 is 0 Å². The highest BCUT2D eigenvalue weighted by atomic mass is 32.2. The lowest BCUT2D eigenvalue weighted by molar-refractivity contribution is -0.140. The van der Waals surface area contributed by atoms with Crippen molar-refractivity contribution in [3.63, 3.8) is 0 Å². The number of benzene rings is 1. The number of rotatable bonds is 6. The number of piperazine rings is 1. The van der Waals surface area contributed by atoms with Crippen molar-refractivity contribution >= 4 is 35.7 Å². The number of thioether (sulfide) groups is 1. The number of likely N-dealkylation sites (N-methyl/N-ethyl adjacent to an activating group) is 1. The molecule has 1 aliphatic carbocycles. The Morgan fingerprint density at radius 3 is 2.46 bits per heavy atom. The molecule has 0 radical (unpaired) electrons. The van der Waals surface area contributed by atoms with E-state index >= 15 is 0 Å². The van der Waals surface area contributed by atoms with Crippen LogP contribution in [0, 0.1) is 5.92 Å². The molecule has 3 unspecified atom stereocenters.